The Morgan fingerprint density at radius 3 is 2.80 bits per heavy atom. The lowest BCUT2D eigenvalue weighted by Gasteiger charge is -2.15. The Morgan fingerprint density at radius 2 is 2.10 bits per heavy atom. The van der Waals surface area contributed by atoms with Crippen molar-refractivity contribution in [2.45, 2.75) is 32.9 Å². The molecule has 4 heteroatoms. The normalized spacial score (nSPS) is 12.3. The molecule has 0 spiro atoms. The Hall–Kier alpha value is -1.81. The second-order valence-corrected chi connectivity index (χ2v) is 5.13. The van der Waals surface area contributed by atoms with Crippen LogP contribution in [0.15, 0.2) is 43.0 Å². The number of ether oxygens (including phenoxy) is 1. The number of aryl methyl sites for hydroxylation is 2. The van der Waals surface area contributed by atoms with Crippen LogP contribution in [0.25, 0.3) is 0 Å². The molecule has 0 saturated heterocycles. The fourth-order valence-electron chi connectivity index (χ4n) is 1.94. The van der Waals surface area contributed by atoms with E-state index in [1.54, 1.807) is 0 Å². The van der Waals surface area contributed by atoms with E-state index in [1.165, 1.54) is 5.56 Å². The number of nitrogens with one attached hydrogen (secondary N) is 1. The van der Waals surface area contributed by atoms with Crippen molar-refractivity contribution in [1.82, 2.24) is 14.9 Å². The predicted octanol–water partition coefficient (Wildman–Crippen LogP) is 2.64. The second kappa shape index (κ2) is 7.70. The molecule has 2 rings (SSSR count). The van der Waals surface area contributed by atoms with Crippen LogP contribution in [0.5, 0.6) is 5.75 Å². The van der Waals surface area contributed by atoms with Gasteiger partial charge in [0.25, 0.3) is 0 Å². The van der Waals surface area contributed by atoms with Crippen LogP contribution in [-0.2, 0) is 6.54 Å². The zero-order valence-electron chi connectivity index (χ0n) is 12.2. The summed E-state index contributed by atoms with van der Waals surface area (Å²) in [6.45, 7) is 6.89. The van der Waals surface area contributed by atoms with Crippen LogP contribution in [-0.4, -0.2) is 28.7 Å². The van der Waals surface area contributed by atoms with Gasteiger partial charge < -0.3 is 14.6 Å². The molecule has 20 heavy (non-hydrogen) atoms. The summed E-state index contributed by atoms with van der Waals surface area (Å²) >= 11 is 0. The lowest BCUT2D eigenvalue weighted by atomic mass is 10.2. The zero-order valence-corrected chi connectivity index (χ0v) is 12.2. The maximum atomic E-state index is 5.75. The topological polar surface area (TPSA) is 39.1 Å². The highest BCUT2D eigenvalue weighted by Crippen LogP contribution is 2.11. The van der Waals surface area contributed by atoms with Gasteiger partial charge in [-0.25, -0.2) is 4.98 Å². The standard InChI is InChI=1S/C16H23N3O/c1-14-4-6-16(7-5-14)20-12-15(2)18-8-3-10-19-11-9-17-13-19/h4-7,9,11,13,15,18H,3,8,10,12H2,1-2H3. The summed E-state index contributed by atoms with van der Waals surface area (Å²) in [7, 11) is 0. The molecule has 0 saturated carbocycles. The highest BCUT2D eigenvalue weighted by Gasteiger charge is 2.02. The van der Waals surface area contributed by atoms with Gasteiger partial charge in [0.05, 0.1) is 6.33 Å². The molecule has 0 aliphatic rings. The molecule has 0 amide bonds. The lowest BCUT2D eigenvalue weighted by molar-refractivity contribution is 0.272. The minimum Gasteiger partial charge on any atom is -0.492 e. The molecule has 108 valence electrons. The molecule has 1 heterocycles. The van der Waals surface area contributed by atoms with Crippen molar-refractivity contribution in [3.63, 3.8) is 0 Å². The number of nitrogens with zero attached hydrogens (tertiary/aromatic N) is 2. The van der Waals surface area contributed by atoms with E-state index >= 15 is 0 Å². The van der Waals surface area contributed by atoms with Crippen LogP contribution >= 0.6 is 0 Å². The van der Waals surface area contributed by atoms with E-state index in [0.717, 1.165) is 25.3 Å². The predicted molar refractivity (Wildman–Crippen MR) is 81.0 cm³/mol. The molecule has 1 aromatic heterocycles. The maximum Gasteiger partial charge on any atom is 0.119 e. The molecule has 1 N–H and O–H groups in total. The lowest BCUT2D eigenvalue weighted by Crippen LogP contribution is -2.32. The van der Waals surface area contributed by atoms with E-state index in [2.05, 4.69) is 40.8 Å². The van der Waals surface area contributed by atoms with Crippen molar-refractivity contribution >= 4 is 0 Å². The molecule has 0 aliphatic carbocycles. The van der Waals surface area contributed by atoms with E-state index < -0.39 is 0 Å². The fourth-order valence-corrected chi connectivity index (χ4v) is 1.94. The van der Waals surface area contributed by atoms with Crippen molar-refractivity contribution in [2.75, 3.05) is 13.2 Å². The van der Waals surface area contributed by atoms with Gasteiger partial charge in [-0.15, -0.1) is 0 Å². The average molecular weight is 273 g/mol. The minimum absolute atomic E-state index is 0.346. The largest absolute Gasteiger partial charge is 0.492 e. The first-order valence-corrected chi connectivity index (χ1v) is 7.12. The van der Waals surface area contributed by atoms with E-state index in [9.17, 15) is 0 Å². The van der Waals surface area contributed by atoms with Gasteiger partial charge in [-0.05, 0) is 38.9 Å². The average Bonchev–Trinajstić information content (AvgIpc) is 2.96. The van der Waals surface area contributed by atoms with E-state index in [-0.39, 0.29) is 0 Å². The van der Waals surface area contributed by atoms with Gasteiger partial charge in [0, 0.05) is 25.0 Å². The minimum atomic E-state index is 0.346. The van der Waals surface area contributed by atoms with Crippen molar-refractivity contribution in [3.05, 3.63) is 48.5 Å². The zero-order chi connectivity index (χ0) is 14.2. The summed E-state index contributed by atoms with van der Waals surface area (Å²) in [6.07, 6.45) is 6.74. The van der Waals surface area contributed by atoms with Crippen molar-refractivity contribution in [2.24, 2.45) is 0 Å². The summed E-state index contributed by atoms with van der Waals surface area (Å²) in [5, 5.41) is 3.47. The number of hydrogen-bond acceptors (Lipinski definition) is 3. The van der Waals surface area contributed by atoms with Crippen LogP contribution < -0.4 is 10.1 Å². The summed E-state index contributed by atoms with van der Waals surface area (Å²) in [4.78, 5) is 4.03. The molecule has 1 aromatic carbocycles. The SMILES string of the molecule is Cc1ccc(OCC(C)NCCCn2ccnc2)cc1. The summed E-state index contributed by atoms with van der Waals surface area (Å²) < 4.78 is 7.84. The summed E-state index contributed by atoms with van der Waals surface area (Å²) in [5.74, 6) is 0.933. The maximum absolute atomic E-state index is 5.75. The van der Waals surface area contributed by atoms with Gasteiger partial charge in [0.15, 0.2) is 0 Å². The molecule has 1 atom stereocenters. The summed E-state index contributed by atoms with van der Waals surface area (Å²) in [5.41, 5.74) is 1.25. The number of imidazole rings is 1. The highest BCUT2D eigenvalue weighted by molar-refractivity contribution is 5.26. The molecule has 0 radical (unpaired) electrons. The molecular weight excluding hydrogens is 250 g/mol. The van der Waals surface area contributed by atoms with Gasteiger partial charge in [-0.2, -0.15) is 0 Å². The molecule has 2 aromatic rings. The third-order valence-corrected chi connectivity index (χ3v) is 3.17. The molecule has 0 aliphatic heterocycles. The van der Waals surface area contributed by atoms with Gasteiger partial charge in [0.1, 0.15) is 12.4 Å². The van der Waals surface area contributed by atoms with Gasteiger partial charge in [0.2, 0.25) is 0 Å². The van der Waals surface area contributed by atoms with Crippen molar-refractivity contribution in [3.8, 4) is 5.75 Å². The smallest absolute Gasteiger partial charge is 0.119 e. The third-order valence-electron chi connectivity index (χ3n) is 3.17. The van der Waals surface area contributed by atoms with E-state index in [1.807, 2.05) is 30.9 Å². The first-order valence-electron chi connectivity index (χ1n) is 7.12. The van der Waals surface area contributed by atoms with Gasteiger partial charge in [-0.1, -0.05) is 17.7 Å². The quantitative estimate of drug-likeness (QED) is 0.752. The van der Waals surface area contributed by atoms with Crippen molar-refractivity contribution in [1.29, 1.82) is 0 Å². The van der Waals surface area contributed by atoms with Crippen molar-refractivity contribution < 1.29 is 4.74 Å². The monoisotopic (exact) mass is 273 g/mol. The number of rotatable bonds is 8. The van der Waals surface area contributed by atoms with Crippen LogP contribution in [0.2, 0.25) is 0 Å². The second-order valence-electron chi connectivity index (χ2n) is 5.13. The molecular formula is C16H23N3O. The Balaban J connectivity index is 1.58. The fraction of sp³-hybridized carbons (Fsp3) is 0.438. The molecule has 0 fully saturated rings. The van der Waals surface area contributed by atoms with E-state index in [0.29, 0.717) is 12.6 Å². The number of aromatic nitrogens is 2. The number of benzene rings is 1. The molecule has 0 bridgehead atoms. The van der Waals surface area contributed by atoms with Crippen LogP contribution in [0.4, 0.5) is 0 Å². The Labute approximate surface area is 120 Å². The highest BCUT2D eigenvalue weighted by atomic mass is 16.5. The van der Waals surface area contributed by atoms with Crippen LogP contribution in [0.3, 0.4) is 0 Å². The Bertz CT molecular complexity index is 479. The van der Waals surface area contributed by atoms with Gasteiger partial charge >= 0.3 is 0 Å². The Morgan fingerprint density at radius 1 is 1.30 bits per heavy atom. The molecule has 4 nitrogen and oxygen atoms in total. The molecule has 1 unspecified atom stereocenters. The first-order chi connectivity index (χ1) is 9.74. The number of hydrogen-bond donors (Lipinski definition) is 1. The van der Waals surface area contributed by atoms with E-state index in [4.69, 9.17) is 4.74 Å². The van der Waals surface area contributed by atoms with Crippen LogP contribution in [0.1, 0.15) is 18.9 Å². The van der Waals surface area contributed by atoms with Crippen LogP contribution in [0, 0.1) is 6.92 Å². The van der Waals surface area contributed by atoms with Gasteiger partial charge in [-0.3, -0.25) is 0 Å². The summed E-state index contributed by atoms with van der Waals surface area (Å²) in [6, 6.07) is 8.51. The third kappa shape index (κ3) is 5.05. The first kappa shape index (κ1) is 14.6. The Kier molecular flexibility index (Phi) is 5.62.